The number of carbonyl (C=O) groups is 2. The maximum atomic E-state index is 13.4. The second-order valence-corrected chi connectivity index (χ2v) is 8.69. The molecule has 1 aliphatic heterocycles. The lowest BCUT2D eigenvalue weighted by atomic mass is 9.71. The van der Waals surface area contributed by atoms with Crippen LogP contribution in [0.3, 0.4) is 0 Å². The summed E-state index contributed by atoms with van der Waals surface area (Å²) in [6.45, 7) is 4.14. The Hall–Kier alpha value is -3.45. The molecule has 0 saturated heterocycles. The van der Waals surface area contributed by atoms with Crippen LogP contribution in [0, 0.1) is 5.92 Å². The summed E-state index contributed by atoms with van der Waals surface area (Å²) in [4.78, 5) is 26.4. The first-order valence-electron chi connectivity index (χ1n) is 10.9. The van der Waals surface area contributed by atoms with E-state index in [4.69, 9.17) is 25.8 Å². The molecule has 1 heterocycles. The highest BCUT2D eigenvalue weighted by atomic mass is 35.5. The summed E-state index contributed by atoms with van der Waals surface area (Å²) in [7, 11) is 2.99. The molecule has 2 N–H and O–H groups in total. The molecule has 4 rings (SSSR count). The van der Waals surface area contributed by atoms with Gasteiger partial charge in [-0.3, -0.25) is 9.59 Å². The maximum Gasteiger partial charge on any atom is 0.316 e. The van der Waals surface area contributed by atoms with E-state index in [0.29, 0.717) is 35.4 Å². The first kappa shape index (κ1) is 23.7. The maximum absolute atomic E-state index is 13.4. The van der Waals surface area contributed by atoms with Gasteiger partial charge in [0.25, 0.3) is 0 Å². The molecule has 0 amide bonds. The number of ether oxygens (including phenoxy) is 3. The molecule has 0 saturated carbocycles. The molecule has 34 heavy (non-hydrogen) atoms. The molecule has 178 valence electrons. The van der Waals surface area contributed by atoms with Crippen molar-refractivity contribution in [3.05, 3.63) is 76.1 Å². The average molecular weight is 484 g/mol. The fourth-order valence-corrected chi connectivity index (χ4v) is 4.75. The number of phenols is 1. The Morgan fingerprint density at radius 1 is 1.18 bits per heavy atom. The Morgan fingerprint density at radius 3 is 2.59 bits per heavy atom. The lowest BCUT2D eigenvalue weighted by Crippen LogP contribution is -2.41. The van der Waals surface area contributed by atoms with Crippen molar-refractivity contribution in [3.63, 3.8) is 0 Å². The van der Waals surface area contributed by atoms with E-state index in [1.807, 2.05) is 12.1 Å². The minimum Gasteiger partial charge on any atom is -0.503 e. The Kier molecular flexibility index (Phi) is 6.84. The zero-order valence-electron chi connectivity index (χ0n) is 19.0. The molecule has 0 radical (unpaired) electrons. The van der Waals surface area contributed by atoms with Crippen LogP contribution in [0.2, 0.25) is 5.02 Å². The van der Waals surface area contributed by atoms with Gasteiger partial charge in [0.2, 0.25) is 0 Å². The highest BCUT2D eigenvalue weighted by Gasteiger charge is 2.44. The molecule has 2 aliphatic rings. The summed E-state index contributed by atoms with van der Waals surface area (Å²) < 4.78 is 16.1. The largest absolute Gasteiger partial charge is 0.503 e. The predicted molar refractivity (Wildman–Crippen MR) is 127 cm³/mol. The van der Waals surface area contributed by atoms with E-state index in [2.05, 4.69) is 11.9 Å². The normalized spacial score (nSPS) is 19.9. The number of aromatic hydroxyl groups is 1. The van der Waals surface area contributed by atoms with Crippen LogP contribution in [-0.4, -0.2) is 31.1 Å². The first-order valence-corrected chi connectivity index (χ1v) is 11.3. The number of hydrogen-bond donors (Lipinski definition) is 2. The van der Waals surface area contributed by atoms with E-state index in [1.165, 1.54) is 7.11 Å². The topological polar surface area (TPSA) is 94.1 Å². The molecule has 0 spiro atoms. The van der Waals surface area contributed by atoms with Crippen molar-refractivity contribution in [2.24, 2.45) is 5.92 Å². The van der Waals surface area contributed by atoms with Crippen molar-refractivity contribution < 1.29 is 28.9 Å². The van der Waals surface area contributed by atoms with E-state index in [-0.39, 0.29) is 28.9 Å². The molecule has 1 aliphatic carbocycles. The highest BCUT2D eigenvalue weighted by Crippen LogP contribution is 2.47. The summed E-state index contributed by atoms with van der Waals surface area (Å²) in [6, 6.07) is 10.4. The van der Waals surface area contributed by atoms with Crippen LogP contribution in [-0.2, 0) is 20.9 Å². The molecule has 0 aromatic heterocycles. The molecule has 2 atom stereocenters. The van der Waals surface area contributed by atoms with Crippen molar-refractivity contribution in [2.75, 3.05) is 14.2 Å². The molecule has 0 bridgehead atoms. The highest BCUT2D eigenvalue weighted by molar-refractivity contribution is 6.32. The van der Waals surface area contributed by atoms with Crippen LogP contribution in [0.5, 0.6) is 17.2 Å². The van der Waals surface area contributed by atoms with Crippen molar-refractivity contribution >= 4 is 23.4 Å². The fourth-order valence-electron chi connectivity index (χ4n) is 4.53. The summed E-state index contributed by atoms with van der Waals surface area (Å²) in [5, 5.41) is 13.5. The summed E-state index contributed by atoms with van der Waals surface area (Å²) in [6.07, 6.45) is 1.78. The van der Waals surface area contributed by atoms with Crippen LogP contribution in [0.1, 0.15) is 36.3 Å². The van der Waals surface area contributed by atoms with Crippen LogP contribution in [0.4, 0.5) is 0 Å². The van der Waals surface area contributed by atoms with Gasteiger partial charge in [0.05, 0.1) is 19.2 Å². The van der Waals surface area contributed by atoms with E-state index in [1.54, 1.807) is 31.4 Å². The van der Waals surface area contributed by atoms with E-state index < -0.39 is 17.8 Å². The minimum atomic E-state index is -0.871. The number of esters is 1. The predicted octanol–water partition coefficient (Wildman–Crippen LogP) is 4.63. The van der Waals surface area contributed by atoms with Gasteiger partial charge in [-0.1, -0.05) is 30.3 Å². The van der Waals surface area contributed by atoms with Gasteiger partial charge in [0, 0.05) is 29.3 Å². The second-order valence-electron chi connectivity index (χ2n) is 8.28. The number of allylic oxidation sites excluding steroid dienone is 2. The van der Waals surface area contributed by atoms with E-state index >= 15 is 0 Å². The molecular formula is C26H26ClNO6. The van der Waals surface area contributed by atoms with Crippen LogP contribution in [0.15, 0.2) is 59.9 Å². The smallest absolute Gasteiger partial charge is 0.316 e. The van der Waals surface area contributed by atoms with Crippen LogP contribution >= 0.6 is 11.6 Å². The van der Waals surface area contributed by atoms with Gasteiger partial charge in [0.15, 0.2) is 17.3 Å². The molecular weight excluding hydrogens is 458 g/mol. The SMILES string of the molecule is C=C1NC2=C(C(=O)CCC2)C(c2cc(Cl)c(O)c(OC)c2)C1C(=O)OCc1ccc(OC)cc1. The number of rotatable bonds is 6. The Labute approximate surface area is 203 Å². The van der Waals surface area contributed by atoms with Gasteiger partial charge in [-0.2, -0.15) is 0 Å². The van der Waals surface area contributed by atoms with Gasteiger partial charge in [-0.25, -0.2) is 0 Å². The number of hydrogen-bond acceptors (Lipinski definition) is 7. The quantitative estimate of drug-likeness (QED) is 0.578. The monoisotopic (exact) mass is 483 g/mol. The number of methoxy groups -OCH3 is 2. The molecule has 2 aromatic carbocycles. The summed E-state index contributed by atoms with van der Waals surface area (Å²) in [5.41, 5.74) is 3.09. The standard InChI is InChI=1S/C26H26ClNO6/c1-14-22(26(31)34-13-15-7-9-17(32-2)10-8-15)23(24-19(28-14)5-4-6-20(24)29)16-11-18(27)25(30)21(12-16)33-3/h7-12,22-23,28,30H,1,4-6,13H2,2-3H3. The molecule has 8 heteroatoms. The van der Waals surface area contributed by atoms with Gasteiger partial charge >= 0.3 is 5.97 Å². The van der Waals surface area contributed by atoms with Crippen LogP contribution < -0.4 is 14.8 Å². The Bertz CT molecular complexity index is 1170. The number of ketones is 1. The Morgan fingerprint density at radius 2 is 1.91 bits per heavy atom. The molecule has 2 aromatic rings. The van der Waals surface area contributed by atoms with E-state index in [0.717, 1.165) is 17.7 Å². The molecule has 7 nitrogen and oxygen atoms in total. The number of nitrogens with one attached hydrogen (secondary N) is 1. The third-order valence-corrected chi connectivity index (χ3v) is 6.50. The molecule has 2 unspecified atom stereocenters. The van der Waals surface area contributed by atoms with Gasteiger partial charge < -0.3 is 24.6 Å². The first-order chi connectivity index (χ1) is 16.3. The van der Waals surface area contributed by atoms with Crippen LogP contribution in [0.25, 0.3) is 0 Å². The number of halogens is 1. The summed E-state index contributed by atoms with van der Waals surface area (Å²) in [5.74, 6) is -1.45. The van der Waals surface area contributed by atoms with Crippen molar-refractivity contribution in [2.45, 2.75) is 31.8 Å². The Balaban J connectivity index is 1.71. The third kappa shape index (κ3) is 4.48. The lowest BCUT2D eigenvalue weighted by molar-refractivity contribution is -0.149. The lowest BCUT2D eigenvalue weighted by Gasteiger charge is -2.38. The number of carbonyl (C=O) groups excluding carboxylic acids is 2. The van der Waals surface area contributed by atoms with Gasteiger partial charge in [-0.05, 0) is 48.2 Å². The number of Topliss-reactive ketones (excluding diaryl/α,β-unsaturated/α-hetero) is 1. The van der Waals surface area contributed by atoms with E-state index in [9.17, 15) is 14.7 Å². The number of benzene rings is 2. The number of phenolic OH excluding ortho intramolecular Hbond substituents is 1. The zero-order chi connectivity index (χ0) is 24.4. The molecule has 0 fully saturated rings. The fraction of sp³-hybridized carbons (Fsp3) is 0.308. The van der Waals surface area contributed by atoms with Gasteiger partial charge in [0.1, 0.15) is 18.3 Å². The summed E-state index contributed by atoms with van der Waals surface area (Å²) >= 11 is 6.26. The average Bonchev–Trinajstić information content (AvgIpc) is 2.83. The third-order valence-electron chi connectivity index (χ3n) is 6.21. The van der Waals surface area contributed by atoms with Crippen molar-refractivity contribution in [3.8, 4) is 17.2 Å². The van der Waals surface area contributed by atoms with Crippen molar-refractivity contribution in [1.82, 2.24) is 5.32 Å². The van der Waals surface area contributed by atoms with Gasteiger partial charge in [-0.15, -0.1) is 0 Å². The van der Waals surface area contributed by atoms with Crippen molar-refractivity contribution in [1.29, 1.82) is 0 Å². The second kappa shape index (κ2) is 9.81. The zero-order valence-corrected chi connectivity index (χ0v) is 19.8. The minimum absolute atomic E-state index is 0.0395.